The Morgan fingerprint density at radius 2 is 1.89 bits per heavy atom. The average molecular weight is 285 g/mol. The van der Waals surface area contributed by atoms with Crippen LogP contribution in [0.5, 0.6) is 0 Å². The van der Waals surface area contributed by atoms with E-state index in [4.69, 9.17) is 0 Å². The van der Waals surface area contributed by atoms with Crippen molar-refractivity contribution in [3.63, 3.8) is 0 Å². The highest BCUT2D eigenvalue weighted by atomic mass is 32.2. The van der Waals surface area contributed by atoms with E-state index in [-0.39, 0.29) is 18.1 Å². The van der Waals surface area contributed by atoms with Gasteiger partial charge >= 0.3 is 5.97 Å². The van der Waals surface area contributed by atoms with E-state index in [1.807, 2.05) is 24.3 Å². The molecule has 1 aromatic carbocycles. The average Bonchev–Trinajstić information content (AvgIpc) is 2.35. The number of hydrogen-bond acceptors (Lipinski definition) is 5. The molecule has 0 spiro atoms. The molecule has 0 atom stereocenters. The summed E-state index contributed by atoms with van der Waals surface area (Å²) in [7, 11) is -1.59. The molecule has 0 saturated heterocycles. The van der Waals surface area contributed by atoms with Crippen LogP contribution in [0.4, 0.5) is 0 Å². The molecule has 0 unspecified atom stereocenters. The summed E-state index contributed by atoms with van der Waals surface area (Å²) in [5.41, 5.74) is 1.86. The fourth-order valence-electron chi connectivity index (χ4n) is 1.61. The van der Waals surface area contributed by atoms with Crippen LogP contribution in [0, 0.1) is 0 Å². The van der Waals surface area contributed by atoms with Gasteiger partial charge < -0.3 is 10.1 Å². The van der Waals surface area contributed by atoms with Crippen molar-refractivity contribution in [3.8, 4) is 0 Å². The first-order chi connectivity index (χ1) is 8.92. The summed E-state index contributed by atoms with van der Waals surface area (Å²) in [6.45, 7) is 0.925. The normalized spacial score (nSPS) is 11.3. The quantitative estimate of drug-likeness (QED) is 0.584. The van der Waals surface area contributed by atoms with Crippen molar-refractivity contribution in [1.82, 2.24) is 5.32 Å². The molecule has 0 aliphatic rings. The maximum atomic E-state index is 11.3. The number of rotatable bonds is 7. The third-order valence-electron chi connectivity index (χ3n) is 2.65. The number of ether oxygens (including phenoxy) is 1. The minimum absolute atomic E-state index is 0.103. The van der Waals surface area contributed by atoms with Crippen molar-refractivity contribution in [2.75, 3.05) is 25.7 Å². The van der Waals surface area contributed by atoms with E-state index in [1.165, 1.54) is 13.4 Å². The molecule has 0 saturated carbocycles. The van der Waals surface area contributed by atoms with Gasteiger partial charge in [0, 0.05) is 19.3 Å². The van der Waals surface area contributed by atoms with Crippen molar-refractivity contribution in [1.29, 1.82) is 0 Å². The van der Waals surface area contributed by atoms with Gasteiger partial charge in [0.1, 0.15) is 9.84 Å². The molecule has 1 N–H and O–H groups in total. The first kappa shape index (κ1) is 15.7. The Kier molecular flexibility index (Phi) is 5.98. The minimum Gasteiger partial charge on any atom is -0.469 e. The highest BCUT2D eigenvalue weighted by molar-refractivity contribution is 7.90. The van der Waals surface area contributed by atoms with Crippen LogP contribution in [0.3, 0.4) is 0 Å². The molecule has 0 radical (unpaired) electrons. The lowest BCUT2D eigenvalue weighted by molar-refractivity contribution is -0.139. The molecule has 19 heavy (non-hydrogen) atoms. The van der Waals surface area contributed by atoms with Crippen LogP contribution in [-0.4, -0.2) is 40.1 Å². The molecule has 0 fully saturated rings. The minimum atomic E-state index is -2.95. The summed E-state index contributed by atoms with van der Waals surface area (Å²) in [6.07, 6.45) is 1.43. The Morgan fingerprint density at radius 3 is 2.47 bits per heavy atom. The van der Waals surface area contributed by atoms with Gasteiger partial charge in [0.15, 0.2) is 0 Å². The summed E-state index contributed by atoms with van der Waals surface area (Å²) < 4.78 is 26.6. The third kappa shape index (κ3) is 6.35. The third-order valence-corrected chi connectivity index (χ3v) is 3.59. The highest BCUT2D eigenvalue weighted by Gasteiger charge is 2.07. The number of benzene rings is 1. The zero-order valence-electron chi connectivity index (χ0n) is 11.2. The zero-order valence-corrected chi connectivity index (χ0v) is 12.0. The van der Waals surface area contributed by atoms with Gasteiger partial charge in [-0.05, 0) is 11.1 Å². The van der Waals surface area contributed by atoms with Crippen LogP contribution in [0.25, 0.3) is 0 Å². The summed E-state index contributed by atoms with van der Waals surface area (Å²) in [5, 5.41) is 3.06. The second kappa shape index (κ2) is 7.25. The molecule has 0 heterocycles. The van der Waals surface area contributed by atoms with Gasteiger partial charge in [0.2, 0.25) is 0 Å². The summed E-state index contributed by atoms with van der Waals surface area (Å²) in [6, 6.07) is 7.52. The summed E-state index contributed by atoms with van der Waals surface area (Å²) in [5.74, 6) is -0.185. The second-order valence-corrected chi connectivity index (χ2v) is 6.59. The number of methoxy groups -OCH3 is 1. The molecule has 1 aromatic rings. The van der Waals surface area contributed by atoms with E-state index in [1.54, 1.807) is 0 Å². The summed E-state index contributed by atoms with van der Waals surface area (Å²) >= 11 is 0. The molecule has 5 nitrogen and oxygen atoms in total. The van der Waals surface area contributed by atoms with Gasteiger partial charge in [-0.3, -0.25) is 4.79 Å². The van der Waals surface area contributed by atoms with Crippen LogP contribution < -0.4 is 5.32 Å². The largest absolute Gasteiger partial charge is 0.469 e. The van der Waals surface area contributed by atoms with Gasteiger partial charge in [-0.2, -0.15) is 0 Å². The second-order valence-electron chi connectivity index (χ2n) is 4.33. The van der Waals surface area contributed by atoms with Crippen molar-refractivity contribution < 1.29 is 17.9 Å². The fraction of sp³-hybridized carbons (Fsp3) is 0.462. The number of carbonyl (C=O) groups excluding carboxylic acids is 1. The van der Waals surface area contributed by atoms with E-state index < -0.39 is 9.84 Å². The van der Waals surface area contributed by atoms with Crippen LogP contribution in [0.2, 0.25) is 0 Å². The lowest BCUT2D eigenvalue weighted by Crippen LogP contribution is -2.22. The fourth-order valence-corrected chi connectivity index (χ4v) is 2.13. The summed E-state index contributed by atoms with van der Waals surface area (Å²) in [4.78, 5) is 11.3. The lowest BCUT2D eigenvalue weighted by Gasteiger charge is -2.09. The lowest BCUT2D eigenvalue weighted by atomic mass is 10.0. The molecular weight excluding hydrogens is 266 g/mol. The molecule has 0 aliphatic carbocycles. The maximum Gasteiger partial charge on any atom is 0.309 e. The van der Waals surface area contributed by atoms with Gasteiger partial charge in [0.05, 0.1) is 19.3 Å². The van der Waals surface area contributed by atoms with Crippen molar-refractivity contribution in [2.24, 2.45) is 0 Å². The molecule has 0 bridgehead atoms. The van der Waals surface area contributed by atoms with E-state index in [2.05, 4.69) is 10.1 Å². The molecular formula is C13H19NO4S. The van der Waals surface area contributed by atoms with E-state index in [0.29, 0.717) is 13.1 Å². The maximum absolute atomic E-state index is 11.3. The van der Waals surface area contributed by atoms with Crippen molar-refractivity contribution >= 4 is 15.8 Å². The van der Waals surface area contributed by atoms with E-state index in [9.17, 15) is 13.2 Å². The van der Waals surface area contributed by atoms with Crippen molar-refractivity contribution in [2.45, 2.75) is 13.0 Å². The molecule has 1 rings (SSSR count). The van der Waals surface area contributed by atoms with Crippen molar-refractivity contribution in [3.05, 3.63) is 35.4 Å². The van der Waals surface area contributed by atoms with Gasteiger partial charge in [-0.25, -0.2) is 8.42 Å². The Balaban J connectivity index is 2.55. The molecule has 0 aromatic heterocycles. The number of nitrogens with one attached hydrogen (secondary N) is 1. The van der Waals surface area contributed by atoms with Gasteiger partial charge in [0.25, 0.3) is 0 Å². The van der Waals surface area contributed by atoms with Gasteiger partial charge in [-0.1, -0.05) is 24.3 Å². The number of carbonyl (C=O) groups is 1. The molecule has 6 heteroatoms. The van der Waals surface area contributed by atoms with Crippen LogP contribution in [0.1, 0.15) is 11.1 Å². The number of hydrogen-bond donors (Lipinski definition) is 1. The highest BCUT2D eigenvalue weighted by Crippen LogP contribution is 2.09. The molecule has 106 valence electrons. The van der Waals surface area contributed by atoms with E-state index in [0.717, 1.165) is 11.1 Å². The topological polar surface area (TPSA) is 72.5 Å². The smallest absolute Gasteiger partial charge is 0.309 e. The Bertz CT molecular complexity index is 525. The van der Waals surface area contributed by atoms with E-state index >= 15 is 0 Å². The first-order valence-electron chi connectivity index (χ1n) is 5.94. The monoisotopic (exact) mass is 285 g/mol. The Labute approximate surface area is 113 Å². The number of sulfone groups is 1. The predicted octanol–water partition coefficient (Wildman–Crippen LogP) is 0.536. The standard InChI is InChI=1S/C13H19NO4S/c1-18-13(15)9-11-5-3-4-6-12(11)10-14-7-8-19(2,16)17/h3-6,14H,7-10H2,1-2H3. The zero-order chi connectivity index (χ0) is 14.3. The van der Waals surface area contributed by atoms with Gasteiger partial charge in [-0.15, -0.1) is 0 Å². The SMILES string of the molecule is COC(=O)Cc1ccccc1CNCCS(C)(=O)=O. The molecule has 0 amide bonds. The predicted molar refractivity (Wildman–Crippen MR) is 73.6 cm³/mol. The molecule has 0 aliphatic heterocycles. The first-order valence-corrected chi connectivity index (χ1v) is 8.00. The van der Waals surface area contributed by atoms with Crippen LogP contribution >= 0.6 is 0 Å². The number of esters is 1. The van der Waals surface area contributed by atoms with Crippen LogP contribution in [-0.2, 0) is 32.3 Å². The Hall–Kier alpha value is -1.40. The van der Waals surface area contributed by atoms with Crippen LogP contribution in [0.15, 0.2) is 24.3 Å². The Morgan fingerprint density at radius 1 is 1.26 bits per heavy atom.